The lowest BCUT2D eigenvalue weighted by molar-refractivity contribution is -0.143. The third kappa shape index (κ3) is 6.80. The van der Waals surface area contributed by atoms with Crippen LogP contribution in [-0.2, 0) is 52.6 Å². The summed E-state index contributed by atoms with van der Waals surface area (Å²) in [6.45, 7) is 0.138. The van der Waals surface area contributed by atoms with E-state index in [1.54, 1.807) is 83.4 Å². The zero-order chi connectivity index (χ0) is 51.1. The van der Waals surface area contributed by atoms with Crippen molar-refractivity contribution in [1.29, 1.82) is 0 Å². The van der Waals surface area contributed by atoms with Crippen molar-refractivity contribution in [3.63, 3.8) is 0 Å². The topological polar surface area (TPSA) is 134 Å². The molecular formula is C59H46Cl2N4O8. The highest BCUT2D eigenvalue weighted by atomic mass is 35.5. The molecule has 0 radical (unpaired) electrons. The molecular weight excluding hydrogens is 964 g/mol. The van der Waals surface area contributed by atoms with Crippen molar-refractivity contribution < 1.29 is 38.2 Å². The molecule has 12 rings (SSSR count). The Morgan fingerprint density at radius 3 is 1.56 bits per heavy atom. The Bertz CT molecular complexity index is 3430. The molecule has 5 unspecified atom stereocenters. The summed E-state index contributed by atoms with van der Waals surface area (Å²) in [5.41, 5.74) is -0.748. The smallest absolute Gasteiger partial charge is 0.355 e. The Morgan fingerprint density at radius 1 is 0.575 bits per heavy atom. The van der Waals surface area contributed by atoms with E-state index in [-0.39, 0.29) is 35.5 Å². The van der Waals surface area contributed by atoms with Crippen LogP contribution in [0.1, 0.15) is 43.0 Å². The molecule has 6 aromatic carbocycles. The SMILES string of the molecule is COC(=O)C1=C(C(=O)OC)N2C(=C3C(N(C)C)=CC2C2(C(=O)N(Cc4ccccc4)c4ccccc42)C3C(=O)c2ccc(Cl)cc2)C2(C(=O)N(Cc3ccccc3)c3ccccc32)C1C(=O)c1ccc(Cl)cc1. The molecule has 14 heteroatoms. The quantitative estimate of drug-likeness (QED) is 0.0914. The fourth-order valence-corrected chi connectivity index (χ4v) is 12.4. The number of Topliss-reactive ketones (excluding diaryl/α,β-unsaturated/α-hetero) is 2. The number of anilines is 2. The normalized spacial score (nSPS) is 22.4. The number of ether oxygens (including phenoxy) is 2. The van der Waals surface area contributed by atoms with Crippen molar-refractivity contribution in [2.75, 3.05) is 38.1 Å². The van der Waals surface area contributed by atoms with E-state index in [0.29, 0.717) is 38.2 Å². The van der Waals surface area contributed by atoms with Gasteiger partial charge in [-0.2, -0.15) is 0 Å². The van der Waals surface area contributed by atoms with Gasteiger partial charge in [-0.1, -0.05) is 120 Å². The first-order chi connectivity index (χ1) is 35.3. The molecule has 6 aliphatic rings. The number of benzene rings is 6. The Morgan fingerprint density at radius 2 is 1.04 bits per heavy atom. The van der Waals surface area contributed by atoms with E-state index in [1.807, 2.05) is 89.8 Å². The number of nitrogens with zero attached hydrogens (tertiary/aromatic N) is 4. The molecule has 0 N–H and O–H groups in total. The molecule has 364 valence electrons. The third-order valence-corrected chi connectivity index (χ3v) is 15.5. The number of carbonyl (C=O) groups excluding carboxylic acids is 6. The van der Waals surface area contributed by atoms with E-state index < -0.39 is 75.3 Å². The van der Waals surface area contributed by atoms with Gasteiger partial charge in [0.2, 0.25) is 11.8 Å². The van der Waals surface area contributed by atoms with E-state index in [1.165, 1.54) is 24.3 Å². The van der Waals surface area contributed by atoms with E-state index in [9.17, 15) is 0 Å². The van der Waals surface area contributed by atoms with Crippen molar-refractivity contribution in [1.82, 2.24) is 9.80 Å². The van der Waals surface area contributed by atoms with Crippen LogP contribution >= 0.6 is 23.2 Å². The minimum Gasteiger partial charge on any atom is -0.466 e. The summed E-state index contributed by atoms with van der Waals surface area (Å²) in [5, 5.41) is 0.697. The largest absolute Gasteiger partial charge is 0.466 e. The summed E-state index contributed by atoms with van der Waals surface area (Å²) in [6, 6.07) is 44.2. The Balaban J connectivity index is 1.34. The van der Waals surface area contributed by atoms with Gasteiger partial charge in [0, 0.05) is 63.6 Å². The first-order valence-electron chi connectivity index (χ1n) is 23.6. The third-order valence-electron chi connectivity index (χ3n) is 15.0. The predicted octanol–water partition coefficient (Wildman–Crippen LogP) is 9.27. The van der Waals surface area contributed by atoms with Crippen LogP contribution in [0.3, 0.4) is 0 Å². The van der Waals surface area contributed by atoms with Gasteiger partial charge < -0.3 is 29.1 Å². The van der Waals surface area contributed by atoms with Gasteiger partial charge in [-0.05, 0) is 89.0 Å². The van der Waals surface area contributed by atoms with Gasteiger partial charge in [0.15, 0.2) is 11.6 Å². The molecule has 0 aromatic heterocycles. The number of hydrogen-bond acceptors (Lipinski definition) is 10. The summed E-state index contributed by atoms with van der Waals surface area (Å²) in [6.07, 6.45) is 1.82. The van der Waals surface area contributed by atoms with Crippen LogP contribution in [0.2, 0.25) is 10.0 Å². The molecule has 73 heavy (non-hydrogen) atoms. The van der Waals surface area contributed by atoms with Crippen LogP contribution in [0.4, 0.5) is 11.4 Å². The fraction of sp³-hybridized carbons (Fsp3) is 0.186. The lowest BCUT2D eigenvalue weighted by Crippen LogP contribution is -2.71. The molecule has 5 heterocycles. The first-order valence-corrected chi connectivity index (χ1v) is 24.4. The average molecular weight is 1010 g/mol. The summed E-state index contributed by atoms with van der Waals surface area (Å²) >= 11 is 12.9. The molecule has 0 saturated heterocycles. The summed E-state index contributed by atoms with van der Waals surface area (Å²) in [5.74, 6) is -7.75. The number of rotatable bonds is 11. The molecule has 6 aromatic rings. The Kier molecular flexibility index (Phi) is 11.6. The lowest BCUT2D eigenvalue weighted by Gasteiger charge is -2.61. The van der Waals surface area contributed by atoms with Gasteiger partial charge >= 0.3 is 11.9 Å². The lowest BCUT2D eigenvalue weighted by atomic mass is 9.50. The molecule has 12 nitrogen and oxygen atoms in total. The van der Waals surface area contributed by atoms with Crippen LogP contribution in [0.25, 0.3) is 0 Å². The number of allylic oxidation sites excluding steroid dienone is 1. The fourth-order valence-electron chi connectivity index (χ4n) is 12.1. The minimum atomic E-state index is -2.25. The number of para-hydroxylation sites is 2. The maximum absolute atomic E-state index is 17.0. The molecule has 2 amide bonds. The van der Waals surface area contributed by atoms with Crippen LogP contribution in [0.15, 0.2) is 192 Å². The number of fused-ring (bicyclic) bond motifs is 3. The minimum absolute atomic E-state index is 0.0290. The van der Waals surface area contributed by atoms with Gasteiger partial charge in [0.1, 0.15) is 16.5 Å². The van der Waals surface area contributed by atoms with E-state index in [0.717, 1.165) is 25.3 Å². The number of amides is 2. The van der Waals surface area contributed by atoms with Gasteiger partial charge in [-0.3, -0.25) is 19.2 Å². The first kappa shape index (κ1) is 47.3. The van der Waals surface area contributed by atoms with Gasteiger partial charge in [0.05, 0.1) is 50.8 Å². The van der Waals surface area contributed by atoms with E-state index in [2.05, 4.69) is 0 Å². The van der Waals surface area contributed by atoms with Crippen LogP contribution in [0.5, 0.6) is 0 Å². The molecule has 2 spiro atoms. The van der Waals surface area contributed by atoms with Crippen LogP contribution < -0.4 is 9.80 Å². The van der Waals surface area contributed by atoms with Gasteiger partial charge in [0.25, 0.3) is 0 Å². The summed E-state index contributed by atoms with van der Waals surface area (Å²) < 4.78 is 11.3. The summed E-state index contributed by atoms with van der Waals surface area (Å²) in [7, 11) is 5.87. The van der Waals surface area contributed by atoms with Crippen molar-refractivity contribution in [2.45, 2.75) is 30.0 Å². The molecule has 5 atom stereocenters. The number of carbonyl (C=O) groups is 6. The number of halogens is 2. The number of esters is 2. The second kappa shape index (κ2) is 17.9. The van der Waals surface area contributed by atoms with Crippen molar-refractivity contribution in [2.24, 2.45) is 11.8 Å². The average Bonchev–Trinajstić information content (AvgIpc) is 3.84. The molecule has 5 aliphatic heterocycles. The van der Waals surface area contributed by atoms with Crippen LogP contribution in [-0.4, -0.2) is 79.5 Å². The van der Waals surface area contributed by atoms with Crippen molar-refractivity contribution >= 4 is 69.9 Å². The second-order valence-corrected chi connectivity index (χ2v) is 19.7. The number of hydrogen-bond donors (Lipinski definition) is 0. The highest BCUT2D eigenvalue weighted by Gasteiger charge is 2.76. The van der Waals surface area contributed by atoms with Crippen LogP contribution in [0, 0.1) is 11.8 Å². The molecule has 1 aliphatic carbocycles. The summed E-state index contributed by atoms with van der Waals surface area (Å²) in [4.78, 5) is 103. The van der Waals surface area contributed by atoms with E-state index in [4.69, 9.17) is 32.7 Å². The highest BCUT2D eigenvalue weighted by molar-refractivity contribution is 6.31. The second-order valence-electron chi connectivity index (χ2n) is 18.8. The maximum atomic E-state index is 17.0. The molecule has 2 bridgehead atoms. The standard InChI is InChI=1S/C59H46Cl2N4O8/c1-62(2)44-31-45-58(40-19-11-13-21-42(40)63(56(58)70)32-34-15-7-5-8-16-34)48(51(66)36-23-27-38(60)28-24-36)46(44)53-59(41-20-12-14-22-43(41)64(57(59)71)33-35-17-9-6-10-18-35)49(52(67)37-25-29-39(61)30-26-37)47(54(68)72-3)50(65(45)53)55(69)73-4/h5-31,45,48-49H,32-33H2,1-4H3. The van der Waals surface area contributed by atoms with Gasteiger partial charge in [-0.15, -0.1) is 0 Å². The zero-order valence-corrected chi connectivity index (χ0v) is 41.6. The maximum Gasteiger partial charge on any atom is 0.355 e. The molecule has 0 fully saturated rings. The molecule has 0 saturated carbocycles. The van der Waals surface area contributed by atoms with Crippen molar-refractivity contribution in [3.8, 4) is 0 Å². The Labute approximate surface area is 431 Å². The number of methoxy groups -OCH3 is 2. The monoisotopic (exact) mass is 1010 g/mol. The highest BCUT2D eigenvalue weighted by Crippen LogP contribution is 2.68. The Hall–Kier alpha value is -8.06. The number of likely N-dealkylation sites (N-methyl/N-ethyl adjacent to an activating group) is 1. The predicted molar refractivity (Wildman–Crippen MR) is 276 cm³/mol. The zero-order valence-electron chi connectivity index (χ0n) is 40.0. The van der Waals surface area contributed by atoms with E-state index >= 15 is 28.8 Å². The number of ketones is 2. The van der Waals surface area contributed by atoms with Crippen molar-refractivity contribution in [3.05, 3.63) is 235 Å². The van der Waals surface area contributed by atoms with Gasteiger partial charge in [-0.25, -0.2) is 9.59 Å².